The van der Waals surface area contributed by atoms with Gasteiger partial charge in [-0.1, -0.05) is 0 Å². The van der Waals surface area contributed by atoms with Gasteiger partial charge in [-0.05, 0) is 12.1 Å². The molecule has 2 rings (SSSR count). The highest BCUT2D eigenvalue weighted by molar-refractivity contribution is 5.36. The number of aliphatic hydroxyl groups is 4. The molecule has 0 amide bonds. The van der Waals surface area contributed by atoms with Gasteiger partial charge in [-0.25, -0.2) is 0 Å². The van der Waals surface area contributed by atoms with Crippen LogP contribution >= 0.6 is 0 Å². The minimum Gasteiger partial charge on any atom is -0.462 e. The van der Waals surface area contributed by atoms with Gasteiger partial charge in [-0.3, -0.25) is 10.1 Å². The first-order valence-electron chi connectivity index (χ1n) is 6.15. The molecule has 0 aromatic heterocycles. The van der Waals surface area contributed by atoms with Gasteiger partial charge in [0.1, 0.15) is 30.2 Å². The first kappa shape index (κ1) is 15.6. The molecule has 1 aliphatic heterocycles. The van der Waals surface area contributed by atoms with Gasteiger partial charge in [-0.2, -0.15) is 0 Å². The van der Waals surface area contributed by atoms with E-state index >= 15 is 0 Å². The Morgan fingerprint density at radius 1 is 1.29 bits per heavy atom. The minimum atomic E-state index is -1.42. The third-order valence-corrected chi connectivity index (χ3v) is 3.12. The normalized spacial score (nSPS) is 30.1. The van der Waals surface area contributed by atoms with Crippen molar-refractivity contribution in [2.24, 2.45) is 0 Å². The fraction of sp³-hybridized carbons (Fsp3) is 0.500. The Morgan fingerprint density at radius 3 is 2.43 bits per heavy atom. The number of hydrogen-bond donors (Lipinski definition) is 4. The fourth-order valence-corrected chi connectivity index (χ4v) is 1.97. The standard InChI is InChI=1S/C12H15NO8/c14-5-8(15)11-9(16)10(17)12(21-11)20-7-3-1-6(2-4-7)13(18)19/h1-4,8-12,14-17H,5H2/t8?,9?,10?,11-,12+/m0/s1. The van der Waals surface area contributed by atoms with Crippen molar-refractivity contribution < 1.29 is 34.8 Å². The average Bonchev–Trinajstić information content (AvgIpc) is 2.75. The Labute approximate surface area is 119 Å². The number of hydrogen-bond acceptors (Lipinski definition) is 8. The first-order valence-corrected chi connectivity index (χ1v) is 6.15. The predicted molar refractivity (Wildman–Crippen MR) is 67.5 cm³/mol. The Kier molecular flexibility index (Phi) is 4.70. The van der Waals surface area contributed by atoms with Gasteiger partial charge < -0.3 is 29.9 Å². The van der Waals surface area contributed by atoms with Crippen molar-refractivity contribution in [2.75, 3.05) is 6.61 Å². The van der Waals surface area contributed by atoms with E-state index in [1.807, 2.05) is 0 Å². The van der Waals surface area contributed by atoms with E-state index in [0.29, 0.717) is 0 Å². The minimum absolute atomic E-state index is 0.121. The Balaban J connectivity index is 2.04. The summed E-state index contributed by atoms with van der Waals surface area (Å²) in [6.07, 6.45) is -6.65. The molecule has 1 aromatic carbocycles. The molecular formula is C12H15NO8. The molecule has 9 nitrogen and oxygen atoms in total. The molecule has 4 N–H and O–H groups in total. The van der Waals surface area contributed by atoms with Crippen LogP contribution in [0.4, 0.5) is 5.69 Å². The fourth-order valence-electron chi connectivity index (χ4n) is 1.97. The monoisotopic (exact) mass is 301 g/mol. The largest absolute Gasteiger partial charge is 0.462 e. The Bertz CT molecular complexity index is 493. The van der Waals surface area contributed by atoms with E-state index < -0.39 is 42.2 Å². The van der Waals surface area contributed by atoms with Crippen LogP contribution in [-0.4, -0.2) is 62.7 Å². The van der Waals surface area contributed by atoms with Crippen LogP contribution in [-0.2, 0) is 4.74 Å². The summed E-state index contributed by atoms with van der Waals surface area (Å²) in [7, 11) is 0. The highest BCUT2D eigenvalue weighted by Gasteiger charge is 2.47. The van der Waals surface area contributed by atoms with Crippen LogP contribution in [0.3, 0.4) is 0 Å². The maximum absolute atomic E-state index is 10.5. The maximum Gasteiger partial charge on any atom is 0.269 e. The second-order valence-electron chi connectivity index (χ2n) is 4.57. The summed E-state index contributed by atoms with van der Waals surface area (Å²) in [6, 6.07) is 5.06. The van der Waals surface area contributed by atoms with Crippen molar-refractivity contribution in [3.8, 4) is 5.75 Å². The van der Waals surface area contributed by atoms with Gasteiger partial charge in [-0.15, -0.1) is 0 Å². The van der Waals surface area contributed by atoms with Crippen LogP contribution < -0.4 is 4.74 Å². The third-order valence-electron chi connectivity index (χ3n) is 3.12. The summed E-state index contributed by atoms with van der Waals surface area (Å²) < 4.78 is 10.4. The lowest BCUT2D eigenvalue weighted by molar-refractivity contribution is -0.384. The van der Waals surface area contributed by atoms with Crippen LogP contribution in [0.5, 0.6) is 5.75 Å². The van der Waals surface area contributed by atoms with Gasteiger partial charge in [0.05, 0.1) is 11.5 Å². The van der Waals surface area contributed by atoms with Gasteiger partial charge >= 0.3 is 0 Å². The van der Waals surface area contributed by atoms with Crippen LogP contribution in [0, 0.1) is 10.1 Å². The molecule has 116 valence electrons. The summed E-state index contributed by atoms with van der Waals surface area (Å²) in [6.45, 7) is -0.640. The van der Waals surface area contributed by atoms with E-state index in [4.69, 9.17) is 14.6 Å². The van der Waals surface area contributed by atoms with E-state index in [9.17, 15) is 25.4 Å². The summed E-state index contributed by atoms with van der Waals surface area (Å²) in [5.74, 6) is 0.191. The maximum atomic E-state index is 10.5. The summed E-state index contributed by atoms with van der Waals surface area (Å²) in [4.78, 5) is 9.95. The van der Waals surface area contributed by atoms with Crippen LogP contribution in [0.25, 0.3) is 0 Å². The molecule has 21 heavy (non-hydrogen) atoms. The molecule has 1 saturated heterocycles. The number of benzene rings is 1. The molecule has 0 spiro atoms. The number of rotatable bonds is 5. The average molecular weight is 301 g/mol. The molecule has 0 radical (unpaired) electrons. The number of nitro benzene ring substituents is 1. The Hall–Kier alpha value is -1.78. The number of nitrogens with zero attached hydrogens (tertiary/aromatic N) is 1. The SMILES string of the molecule is O=[N+]([O-])c1ccc(O[C@@H]2O[C@@H](C(O)CO)C(O)C2O)cc1. The molecular weight excluding hydrogens is 286 g/mol. The lowest BCUT2D eigenvalue weighted by Gasteiger charge is -2.18. The van der Waals surface area contributed by atoms with Crippen molar-refractivity contribution in [3.05, 3.63) is 34.4 Å². The second kappa shape index (κ2) is 6.33. The quantitative estimate of drug-likeness (QED) is 0.391. The topological polar surface area (TPSA) is 143 Å². The van der Waals surface area contributed by atoms with Crippen LogP contribution in [0.1, 0.15) is 0 Å². The van der Waals surface area contributed by atoms with Crippen molar-refractivity contribution in [1.82, 2.24) is 0 Å². The predicted octanol–water partition coefficient (Wildman–Crippen LogP) is -1.23. The molecule has 1 aliphatic rings. The van der Waals surface area contributed by atoms with E-state index in [-0.39, 0.29) is 11.4 Å². The highest BCUT2D eigenvalue weighted by Crippen LogP contribution is 2.27. The molecule has 5 atom stereocenters. The summed E-state index contributed by atoms with van der Waals surface area (Å²) >= 11 is 0. The van der Waals surface area contributed by atoms with Gasteiger partial charge in [0.15, 0.2) is 0 Å². The first-order chi connectivity index (χ1) is 9.93. The second-order valence-corrected chi connectivity index (χ2v) is 4.57. The van der Waals surface area contributed by atoms with E-state index in [2.05, 4.69) is 0 Å². The molecule has 0 bridgehead atoms. The van der Waals surface area contributed by atoms with Gasteiger partial charge in [0, 0.05) is 12.1 Å². The number of nitro groups is 1. The molecule has 1 heterocycles. The molecule has 3 unspecified atom stereocenters. The lowest BCUT2D eigenvalue weighted by Crippen LogP contribution is -2.40. The van der Waals surface area contributed by atoms with E-state index in [1.165, 1.54) is 24.3 Å². The molecule has 0 aliphatic carbocycles. The van der Waals surface area contributed by atoms with Crippen molar-refractivity contribution in [1.29, 1.82) is 0 Å². The molecule has 0 saturated carbocycles. The van der Waals surface area contributed by atoms with E-state index in [0.717, 1.165) is 0 Å². The van der Waals surface area contributed by atoms with Gasteiger partial charge in [0.25, 0.3) is 5.69 Å². The van der Waals surface area contributed by atoms with Crippen LogP contribution in [0.15, 0.2) is 24.3 Å². The molecule has 1 fully saturated rings. The molecule has 9 heteroatoms. The van der Waals surface area contributed by atoms with Crippen molar-refractivity contribution in [3.63, 3.8) is 0 Å². The Morgan fingerprint density at radius 2 is 1.90 bits per heavy atom. The van der Waals surface area contributed by atoms with Crippen molar-refractivity contribution >= 4 is 5.69 Å². The molecule has 1 aromatic rings. The van der Waals surface area contributed by atoms with Gasteiger partial charge in [0.2, 0.25) is 6.29 Å². The zero-order valence-corrected chi connectivity index (χ0v) is 10.8. The summed E-state index contributed by atoms with van der Waals surface area (Å²) in [5.41, 5.74) is -0.121. The zero-order chi connectivity index (χ0) is 15.6. The number of non-ortho nitro benzene ring substituents is 1. The van der Waals surface area contributed by atoms with Crippen LogP contribution in [0.2, 0.25) is 0 Å². The van der Waals surface area contributed by atoms with Crippen molar-refractivity contribution in [2.45, 2.75) is 30.7 Å². The summed E-state index contributed by atoms with van der Waals surface area (Å²) in [5, 5.41) is 48.3. The third kappa shape index (κ3) is 3.28. The number of aliphatic hydroxyl groups excluding tert-OH is 4. The number of ether oxygens (including phenoxy) is 2. The highest BCUT2D eigenvalue weighted by atomic mass is 16.7. The zero-order valence-electron chi connectivity index (χ0n) is 10.8. The lowest BCUT2D eigenvalue weighted by atomic mass is 10.1. The smallest absolute Gasteiger partial charge is 0.269 e. The van der Waals surface area contributed by atoms with E-state index in [1.54, 1.807) is 0 Å².